The Hall–Kier alpha value is -1.89. The van der Waals surface area contributed by atoms with Crippen molar-refractivity contribution in [3.8, 4) is 0 Å². The molecule has 7 heteroatoms. The summed E-state index contributed by atoms with van der Waals surface area (Å²) in [5.41, 5.74) is 0. The summed E-state index contributed by atoms with van der Waals surface area (Å²) in [5.74, 6) is 0.566. The number of carbonyl (C=O) groups is 1. The van der Waals surface area contributed by atoms with Crippen molar-refractivity contribution in [1.82, 2.24) is 20.2 Å². The zero-order chi connectivity index (χ0) is 13.5. The predicted octanol–water partition coefficient (Wildman–Crippen LogP) is 0.319. The first-order valence-corrected chi connectivity index (χ1v) is 6.40. The van der Waals surface area contributed by atoms with E-state index in [1.54, 1.807) is 23.4 Å². The first-order chi connectivity index (χ1) is 9.27. The Morgan fingerprint density at radius 3 is 3.00 bits per heavy atom. The molecule has 7 nitrogen and oxygen atoms in total. The van der Waals surface area contributed by atoms with Gasteiger partial charge in [-0.25, -0.2) is 14.8 Å². The number of ether oxygens (including phenoxy) is 1. The van der Waals surface area contributed by atoms with Gasteiger partial charge < -0.3 is 20.3 Å². The zero-order valence-electron chi connectivity index (χ0n) is 11.0. The van der Waals surface area contributed by atoms with Gasteiger partial charge in [-0.05, 0) is 13.0 Å². The molecule has 0 saturated carbocycles. The molecule has 19 heavy (non-hydrogen) atoms. The van der Waals surface area contributed by atoms with Crippen molar-refractivity contribution < 1.29 is 9.53 Å². The molecule has 104 valence electrons. The summed E-state index contributed by atoms with van der Waals surface area (Å²) in [4.78, 5) is 21.8. The van der Waals surface area contributed by atoms with Gasteiger partial charge in [0.05, 0.1) is 19.3 Å². The number of urea groups is 1. The second kappa shape index (κ2) is 6.89. The molecular weight excluding hydrogens is 246 g/mol. The summed E-state index contributed by atoms with van der Waals surface area (Å²) < 4.78 is 5.30. The second-order valence-corrected chi connectivity index (χ2v) is 4.35. The van der Waals surface area contributed by atoms with Crippen LogP contribution < -0.4 is 10.6 Å². The van der Waals surface area contributed by atoms with E-state index in [1.165, 1.54) is 0 Å². The molecule has 0 aliphatic carbocycles. The van der Waals surface area contributed by atoms with E-state index in [9.17, 15) is 4.79 Å². The van der Waals surface area contributed by atoms with E-state index in [-0.39, 0.29) is 12.1 Å². The number of hydrogen-bond acceptors (Lipinski definition) is 5. The Balaban J connectivity index is 1.66. The van der Waals surface area contributed by atoms with Crippen molar-refractivity contribution in [3.63, 3.8) is 0 Å². The highest BCUT2D eigenvalue weighted by atomic mass is 16.5. The molecule has 2 rings (SSSR count). The third-order valence-corrected chi connectivity index (χ3v) is 2.88. The minimum absolute atomic E-state index is 0.0495. The van der Waals surface area contributed by atoms with Crippen LogP contribution in [0.3, 0.4) is 0 Å². The van der Waals surface area contributed by atoms with Crippen LogP contribution in [0.15, 0.2) is 18.5 Å². The van der Waals surface area contributed by atoms with Gasteiger partial charge in [-0.1, -0.05) is 0 Å². The molecule has 1 saturated heterocycles. The van der Waals surface area contributed by atoms with Crippen LogP contribution in [-0.4, -0.2) is 59.8 Å². The fourth-order valence-electron chi connectivity index (χ4n) is 1.86. The van der Waals surface area contributed by atoms with Gasteiger partial charge in [-0.15, -0.1) is 0 Å². The van der Waals surface area contributed by atoms with Crippen LogP contribution in [0.2, 0.25) is 0 Å². The Kier molecular flexibility index (Phi) is 4.91. The summed E-state index contributed by atoms with van der Waals surface area (Å²) in [6.45, 7) is 4.95. The monoisotopic (exact) mass is 265 g/mol. The fourth-order valence-corrected chi connectivity index (χ4v) is 1.86. The highest BCUT2D eigenvalue weighted by Crippen LogP contribution is 2.05. The first-order valence-electron chi connectivity index (χ1n) is 6.40. The molecule has 1 aliphatic rings. The van der Waals surface area contributed by atoms with Crippen molar-refractivity contribution in [2.24, 2.45) is 0 Å². The number of aromatic nitrogens is 2. The summed E-state index contributed by atoms with van der Waals surface area (Å²) in [5, 5.41) is 5.90. The van der Waals surface area contributed by atoms with Crippen molar-refractivity contribution in [2.45, 2.75) is 13.0 Å². The van der Waals surface area contributed by atoms with Gasteiger partial charge in [0.25, 0.3) is 0 Å². The third-order valence-electron chi connectivity index (χ3n) is 2.88. The van der Waals surface area contributed by atoms with Gasteiger partial charge in [0.1, 0.15) is 0 Å². The van der Waals surface area contributed by atoms with E-state index in [4.69, 9.17) is 4.74 Å². The van der Waals surface area contributed by atoms with Crippen molar-refractivity contribution in [1.29, 1.82) is 0 Å². The predicted molar refractivity (Wildman–Crippen MR) is 70.9 cm³/mol. The molecule has 0 aromatic carbocycles. The Labute approximate surface area is 112 Å². The van der Waals surface area contributed by atoms with E-state index in [0.29, 0.717) is 38.8 Å². The molecular formula is C12H19N5O2. The van der Waals surface area contributed by atoms with E-state index < -0.39 is 0 Å². The van der Waals surface area contributed by atoms with Crippen molar-refractivity contribution >= 4 is 12.0 Å². The van der Waals surface area contributed by atoms with Gasteiger partial charge in [-0.2, -0.15) is 0 Å². The molecule has 2 amide bonds. The lowest BCUT2D eigenvalue weighted by Gasteiger charge is -2.33. The van der Waals surface area contributed by atoms with Crippen LogP contribution in [0.4, 0.5) is 10.7 Å². The standard InChI is InChI=1S/C12H19N5O2/c1-10-9-19-8-7-17(10)12(18)16-6-5-15-11-13-3-2-4-14-11/h2-4,10H,5-9H2,1H3,(H,16,18)(H,13,14,15)/t10-/m1/s1. The second-order valence-electron chi connectivity index (χ2n) is 4.35. The largest absolute Gasteiger partial charge is 0.377 e. The van der Waals surface area contributed by atoms with Crippen LogP contribution in [0.25, 0.3) is 0 Å². The lowest BCUT2D eigenvalue weighted by molar-refractivity contribution is 0.0191. The van der Waals surface area contributed by atoms with Gasteiger partial charge >= 0.3 is 6.03 Å². The summed E-state index contributed by atoms with van der Waals surface area (Å²) in [6, 6.07) is 1.83. The number of amides is 2. The summed E-state index contributed by atoms with van der Waals surface area (Å²) in [7, 11) is 0. The maximum Gasteiger partial charge on any atom is 0.317 e. The smallest absolute Gasteiger partial charge is 0.317 e. The van der Waals surface area contributed by atoms with Gasteiger partial charge in [0.2, 0.25) is 5.95 Å². The average molecular weight is 265 g/mol. The maximum absolute atomic E-state index is 11.9. The van der Waals surface area contributed by atoms with E-state index in [2.05, 4.69) is 20.6 Å². The quantitative estimate of drug-likeness (QED) is 0.766. The maximum atomic E-state index is 11.9. The molecule has 0 spiro atoms. The topological polar surface area (TPSA) is 79.4 Å². The normalized spacial score (nSPS) is 19.0. The summed E-state index contributed by atoms with van der Waals surface area (Å²) >= 11 is 0. The number of nitrogens with one attached hydrogen (secondary N) is 2. The lowest BCUT2D eigenvalue weighted by atomic mass is 10.3. The highest BCUT2D eigenvalue weighted by Gasteiger charge is 2.22. The number of morpholine rings is 1. The average Bonchev–Trinajstić information content (AvgIpc) is 2.45. The summed E-state index contributed by atoms with van der Waals surface area (Å²) in [6.07, 6.45) is 3.34. The molecule has 2 heterocycles. The SMILES string of the molecule is C[C@@H]1COCCN1C(=O)NCCNc1ncccn1. The molecule has 1 aromatic rings. The van der Waals surface area contributed by atoms with Gasteiger partial charge in [0, 0.05) is 32.0 Å². The Morgan fingerprint density at radius 2 is 2.26 bits per heavy atom. The number of anilines is 1. The minimum atomic E-state index is -0.0495. The van der Waals surface area contributed by atoms with Crippen molar-refractivity contribution in [3.05, 3.63) is 18.5 Å². The molecule has 0 bridgehead atoms. The van der Waals surface area contributed by atoms with Crippen molar-refractivity contribution in [2.75, 3.05) is 38.2 Å². The fraction of sp³-hybridized carbons (Fsp3) is 0.583. The molecule has 1 atom stereocenters. The highest BCUT2D eigenvalue weighted by molar-refractivity contribution is 5.74. The number of hydrogen-bond donors (Lipinski definition) is 2. The van der Waals surface area contributed by atoms with E-state index in [0.717, 1.165) is 0 Å². The molecule has 1 aliphatic heterocycles. The Bertz CT molecular complexity index is 400. The van der Waals surface area contributed by atoms with Crippen LogP contribution >= 0.6 is 0 Å². The molecule has 0 unspecified atom stereocenters. The van der Waals surface area contributed by atoms with Gasteiger partial charge in [-0.3, -0.25) is 0 Å². The van der Waals surface area contributed by atoms with Crippen LogP contribution in [0, 0.1) is 0 Å². The molecule has 0 radical (unpaired) electrons. The molecule has 1 aromatic heterocycles. The lowest BCUT2D eigenvalue weighted by Crippen LogP contribution is -2.51. The van der Waals surface area contributed by atoms with E-state index in [1.807, 2.05) is 6.92 Å². The zero-order valence-corrected chi connectivity index (χ0v) is 11.0. The minimum Gasteiger partial charge on any atom is -0.377 e. The number of nitrogens with zero attached hydrogens (tertiary/aromatic N) is 3. The number of rotatable bonds is 4. The number of carbonyl (C=O) groups excluding carboxylic acids is 1. The van der Waals surface area contributed by atoms with Crippen LogP contribution in [0.1, 0.15) is 6.92 Å². The third kappa shape index (κ3) is 4.06. The van der Waals surface area contributed by atoms with Gasteiger partial charge in [0.15, 0.2) is 0 Å². The molecule has 2 N–H and O–H groups in total. The molecule has 1 fully saturated rings. The van der Waals surface area contributed by atoms with E-state index >= 15 is 0 Å². The first kappa shape index (κ1) is 13.5. The van der Waals surface area contributed by atoms with Crippen LogP contribution in [-0.2, 0) is 4.74 Å². The Morgan fingerprint density at radius 1 is 1.47 bits per heavy atom. The van der Waals surface area contributed by atoms with Crippen LogP contribution in [0.5, 0.6) is 0 Å².